The van der Waals surface area contributed by atoms with Gasteiger partial charge in [0.25, 0.3) is 5.91 Å². The van der Waals surface area contributed by atoms with E-state index in [0.29, 0.717) is 23.6 Å². The van der Waals surface area contributed by atoms with Gasteiger partial charge in [0.15, 0.2) is 0 Å². The van der Waals surface area contributed by atoms with Crippen LogP contribution in [0, 0.1) is 0 Å². The lowest BCUT2D eigenvalue weighted by atomic mass is 10.0. The number of likely N-dealkylation sites (N-methyl/N-ethyl adjacent to an activating group) is 1. The third-order valence-electron chi connectivity index (χ3n) is 4.05. The number of rotatable bonds is 5. The maximum atomic E-state index is 12.6. The van der Waals surface area contributed by atoms with Crippen LogP contribution in [0.4, 0.5) is 0 Å². The molecule has 1 N–H and O–H groups in total. The smallest absolute Gasteiger partial charge is 0.257 e. The van der Waals surface area contributed by atoms with Crippen LogP contribution in [0.3, 0.4) is 0 Å². The van der Waals surface area contributed by atoms with E-state index in [1.54, 1.807) is 37.3 Å². The Balaban J connectivity index is 2.18. The molecule has 0 saturated heterocycles. The Morgan fingerprint density at radius 1 is 1.29 bits per heavy atom. The molecule has 1 aromatic rings. The molecule has 1 fully saturated rings. The first-order chi connectivity index (χ1) is 9.99. The molecular formula is C16H23NO4. The summed E-state index contributed by atoms with van der Waals surface area (Å²) in [5.74, 6) is 0.935. The molecule has 0 heterocycles. The van der Waals surface area contributed by atoms with Crippen molar-refractivity contribution >= 4 is 5.91 Å². The SMILES string of the molecule is COc1ccc(OC)c(C(=O)N(C)CC2(O)CCCC2)c1. The van der Waals surface area contributed by atoms with Gasteiger partial charge in [-0.25, -0.2) is 0 Å². The van der Waals surface area contributed by atoms with Crippen molar-refractivity contribution in [2.75, 3.05) is 27.8 Å². The number of nitrogens with zero attached hydrogens (tertiary/aromatic N) is 1. The van der Waals surface area contributed by atoms with Gasteiger partial charge >= 0.3 is 0 Å². The fourth-order valence-corrected chi connectivity index (χ4v) is 2.89. The molecule has 0 radical (unpaired) electrons. The lowest BCUT2D eigenvalue weighted by molar-refractivity contribution is 0.0155. The average molecular weight is 293 g/mol. The first-order valence-electron chi connectivity index (χ1n) is 7.19. The van der Waals surface area contributed by atoms with Crippen molar-refractivity contribution in [3.8, 4) is 11.5 Å². The number of methoxy groups -OCH3 is 2. The minimum atomic E-state index is -0.753. The van der Waals surface area contributed by atoms with E-state index in [1.807, 2.05) is 0 Å². The fourth-order valence-electron chi connectivity index (χ4n) is 2.89. The third kappa shape index (κ3) is 3.47. The third-order valence-corrected chi connectivity index (χ3v) is 4.05. The summed E-state index contributed by atoms with van der Waals surface area (Å²) in [6.45, 7) is 0.339. The van der Waals surface area contributed by atoms with Gasteiger partial charge in [0.05, 0.1) is 25.4 Å². The summed E-state index contributed by atoms with van der Waals surface area (Å²) in [6.07, 6.45) is 3.53. The van der Waals surface area contributed by atoms with E-state index < -0.39 is 5.60 Å². The zero-order chi connectivity index (χ0) is 15.5. The molecule has 21 heavy (non-hydrogen) atoms. The maximum absolute atomic E-state index is 12.6. The van der Waals surface area contributed by atoms with E-state index in [-0.39, 0.29) is 5.91 Å². The minimum absolute atomic E-state index is 0.175. The Morgan fingerprint density at radius 2 is 1.95 bits per heavy atom. The van der Waals surface area contributed by atoms with Crippen LogP contribution in [-0.2, 0) is 0 Å². The molecule has 5 nitrogen and oxygen atoms in total. The molecular weight excluding hydrogens is 270 g/mol. The maximum Gasteiger partial charge on any atom is 0.257 e. The monoisotopic (exact) mass is 293 g/mol. The second kappa shape index (κ2) is 6.35. The van der Waals surface area contributed by atoms with Crippen LogP contribution in [0.25, 0.3) is 0 Å². The number of aliphatic hydroxyl groups is 1. The quantitative estimate of drug-likeness (QED) is 0.903. The van der Waals surface area contributed by atoms with Gasteiger partial charge in [-0.05, 0) is 31.0 Å². The average Bonchev–Trinajstić information content (AvgIpc) is 2.91. The van der Waals surface area contributed by atoms with Gasteiger partial charge in [0, 0.05) is 13.6 Å². The van der Waals surface area contributed by atoms with Gasteiger partial charge in [-0.3, -0.25) is 4.79 Å². The van der Waals surface area contributed by atoms with Crippen LogP contribution >= 0.6 is 0 Å². The number of carbonyl (C=O) groups is 1. The Kier molecular flexibility index (Phi) is 4.73. The highest BCUT2D eigenvalue weighted by atomic mass is 16.5. The Bertz CT molecular complexity index is 509. The summed E-state index contributed by atoms with van der Waals surface area (Å²) < 4.78 is 10.4. The second-order valence-electron chi connectivity index (χ2n) is 5.66. The second-order valence-corrected chi connectivity index (χ2v) is 5.66. The lowest BCUT2D eigenvalue weighted by Gasteiger charge is -2.29. The summed E-state index contributed by atoms with van der Waals surface area (Å²) in [4.78, 5) is 14.2. The van der Waals surface area contributed by atoms with Crippen LogP contribution < -0.4 is 9.47 Å². The molecule has 5 heteroatoms. The predicted octanol–water partition coefficient (Wildman–Crippen LogP) is 2.08. The van der Waals surface area contributed by atoms with Crippen LogP contribution in [-0.4, -0.2) is 49.3 Å². The number of hydrogen-bond donors (Lipinski definition) is 1. The largest absolute Gasteiger partial charge is 0.497 e. The van der Waals surface area contributed by atoms with Crippen molar-refractivity contribution in [3.63, 3.8) is 0 Å². The normalized spacial score (nSPS) is 16.6. The van der Waals surface area contributed by atoms with E-state index in [0.717, 1.165) is 25.7 Å². The first-order valence-corrected chi connectivity index (χ1v) is 7.19. The van der Waals surface area contributed by atoms with Crippen molar-refractivity contribution in [3.05, 3.63) is 23.8 Å². The summed E-state index contributed by atoms with van der Waals surface area (Å²) in [5.41, 5.74) is -0.308. The standard InChI is InChI=1S/C16H23NO4/c1-17(11-16(19)8-4-5-9-16)15(18)13-10-12(20-2)6-7-14(13)21-3/h6-7,10,19H,4-5,8-9,11H2,1-3H3. The lowest BCUT2D eigenvalue weighted by Crippen LogP contribution is -2.42. The highest BCUT2D eigenvalue weighted by molar-refractivity contribution is 5.97. The Labute approximate surface area is 125 Å². The summed E-state index contributed by atoms with van der Waals surface area (Å²) >= 11 is 0. The summed E-state index contributed by atoms with van der Waals surface area (Å²) in [7, 11) is 4.79. The van der Waals surface area contributed by atoms with Gasteiger partial charge in [0.2, 0.25) is 0 Å². The molecule has 116 valence electrons. The summed E-state index contributed by atoms with van der Waals surface area (Å²) in [5, 5.41) is 10.4. The molecule has 1 saturated carbocycles. The highest BCUT2D eigenvalue weighted by Crippen LogP contribution is 2.31. The van der Waals surface area contributed by atoms with E-state index in [2.05, 4.69) is 0 Å². The van der Waals surface area contributed by atoms with Crippen molar-refractivity contribution in [2.24, 2.45) is 0 Å². The Hall–Kier alpha value is -1.75. The van der Waals surface area contributed by atoms with Crippen molar-refractivity contribution in [1.82, 2.24) is 4.90 Å². The number of carbonyl (C=O) groups excluding carboxylic acids is 1. The predicted molar refractivity (Wildman–Crippen MR) is 79.9 cm³/mol. The number of amides is 1. The van der Waals surface area contributed by atoms with Gasteiger partial charge in [-0.2, -0.15) is 0 Å². The Morgan fingerprint density at radius 3 is 2.52 bits per heavy atom. The first kappa shape index (κ1) is 15.6. The molecule has 1 aliphatic carbocycles. The molecule has 0 aliphatic heterocycles. The molecule has 0 unspecified atom stereocenters. The molecule has 1 aromatic carbocycles. The highest BCUT2D eigenvalue weighted by Gasteiger charge is 2.34. The minimum Gasteiger partial charge on any atom is -0.497 e. The number of benzene rings is 1. The van der Waals surface area contributed by atoms with Gasteiger partial charge in [-0.1, -0.05) is 12.8 Å². The fraction of sp³-hybridized carbons (Fsp3) is 0.562. The molecule has 2 rings (SSSR count). The van der Waals surface area contributed by atoms with E-state index in [4.69, 9.17) is 9.47 Å². The number of ether oxygens (including phenoxy) is 2. The molecule has 0 bridgehead atoms. The van der Waals surface area contributed by atoms with Crippen molar-refractivity contribution < 1.29 is 19.4 Å². The zero-order valence-corrected chi connectivity index (χ0v) is 12.9. The van der Waals surface area contributed by atoms with Gasteiger partial charge < -0.3 is 19.5 Å². The van der Waals surface area contributed by atoms with Gasteiger partial charge in [-0.15, -0.1) is 0 Å². The summed E-state index contributed by atoms with van der Waals surface area (Å²) in [6, 6.07) is 5.13. The molecule has 0 atom stereocenters. The zero-order valence-electron chi connectivity index (χ0n) is 12.9. The molecule has 0 spiro atoms. The van der Waals surface area contributed by atoms with Crippen LogP contribution in [0.2, 0.25) is 0 Å². The van der Waals surface area contributed by atoms with Crippen molar-refractivity contribution in [2.45, 2.75) is 31.3 Å². The molecule has 1 aliphatic rings. The van der Waals surface area contributed by atoms with E-state index in [1.165, 1.54) is 7.11 Å². The van der Waals surface area contributed by atoms with Crippen LogP contribution in [0.5, 0.6) is 11.5 Å². The van der Waals surface area contributed by atoms with Gasteiger partial charge in [0.1, 0.15) is 11.5 Å². The topological polar surface area (TPSA) is 59.0 Å². The number of hydrogen-bond acceptors (Lipinski definition) is 4. The molecule has 0 aromatic heterocycles. The van der Waals surface area contributed by atoms with Crippen LogP contribution in [0.15, 0.2) is 18.2 Å². The van der Waals surface area contributed by atoms with E-state index in [9.17, 15) is 9.90 Å². The van der Waals surface area contributed by atoms with Crippen molar-refractivity contribution in [1.29, 1.82) is 0 Å². The molecule has 1 amide bonds. The van der Waals surface area contributed by atoms with Crippen LogP contribution in [0.1, 0.15) is 36.0 Å². The van der Waals surface area contributed by atoms with E-state index >= 15 is 0 Å².